The first kappa shape index (κ1) is 84.0. The van der Waals surface area contributed by atoms with Crippen molar-refractivity contribution in [3.8, 4) is 0 Å². The molecule has 0 heterocycles. The second-order valence-corrected chi connectivity index (χ2v) is 26.6. The molecule has 0 aliphatic carbocycles. The molecule has 508 valence electrons. The van der Waals surface area contributed by atoms with Gasteiger partial charge in [-0.15, -0.1) is 0 Å². The number of rotatable bonds is 70. The number of hydrogen-bond acceptors (Lipinski definition) is 8. The molecule has 9 nitrogen and oxygen atoms in total. The lowest BCUT2D eigenvalue weighted by molar-refractivity contribution is -0.870. The second-order valence-electron chi connectivity index (χ2n) is 26.6. The summed E-state index contributed by atoms with van der Waals surface area (Å²) < 4.78 is 22.8. The molecule has 0 spiro atoms. The number of unbranched alkanes of at least 4 members (excludes halogenated alkanes) is 45. The first-order valence-corrected chi connectivity index (χ1v) is 37.4. The summed E-state index contributed by atoms with van der Waals surface area (Å²) in [6.45, 7) is 4.68. The number of carbonyl (C=O) groups excluding carboxylic acids is 3. The van der Waals surface area contributed by atoms with Gasteiger partial charge in [0.15, 0.2) is 12.4 Å². The quantitative estimate of drug-likeness (QED) is 0.0195. The van der Waals surface area contributed by atoms with Gasteiger partial charge in [0.05, 0.1) is 40.3 Å². The van der Waals surface area contributed by atoms with Gasteiger partial charge >= 0.3 is 11.9 Å². The van der Waals surface area contributed by atoms with E-state index < -0.39 is 24.3 Å². The number of nitrogens with zero attached hydrogens (tertiary/aromatic N) is 1. The number of carboxylic acids is 1. The van der Waals surface area contributed by atoms with Crippen LogP contribution in [0.4, 0.5) is 0 Å². The number of carbonyl (C=O) groups is 3. The highest BCUT2D eigenvalue weighted by Crippen LogP contribution is 2.19. The average molecular weight is 1220 g/mol. The Kier molecular flexibility index (Phi) is 66.5. The normalized spacial score (nSPS) is 13.0. The zero-order valence-electron chi connectivity index (χ0n) is 58.2. The van der Waals surface area contributed by atoms with Crippen LogP contribution in [-0.2, 0) is 33.3 Å². The van der Waals surface area contributed by atoms with Crippen molar-refractivity contribution >= 4 is 17.9 Å². The minimum atomic E-state index is -1.62. The van der Waals surface area contributed by atoms with E-state index in [9.17, 15) is 19.5 Å². The van der Waals surface area contributed by atoms with Crippen molar-refractivity contribution < 1.29 is 42.9 Å². The topological polar surface area (TPSA) is 111 Å². The van der Waals surface area contributed by atoms with Crippen molar-refractivity contribution in [3.05, 3.63) is 60.8 Å². The number of aliphatic carboxylic acids is 1. The van der Waals surface area contributed by atoms with E-state index in [1.54, 1.807) is 0 Å². The van der Waals surface area contributed by atoms with E-state index in [1.807, 2.05) is 21.1 Å². The number of quaternary nitrogens is 1. The molecule has 0 aromatic heterocycles. The molecule has 0 aromatic rings. The summed E-state index contributed by atoms with van der Waals surface area (Å²) in [5, 5.41) is 11.8. The molecule has 0 saturated carbocycles. The van der Waals surface area contributed by atoms with Crippen molar-refractivity contribution in [2.45, 2.75) is 373 Å². The second kappa shape index (κ2) is 68.9. The van der Waals surface area contributed by atoms with Crippen molar-refractivity contribution in [1.82, 2.24) is 0 Å². The van der Waals surface area contributed by atoms with Crippen LogP contribution in [0.1, 0.15) is 361 Å². The molecule has 0 bridgehead atoms. The Balaban J connectivity index is 3.96. The third kappa shape index (κ3) is 70.3. The molecule has 0 aliphatic rings. The first-order valence-electron chi connectivity index (χ1n) is 37.4. The highest BCUT2D eigenvalue weighted by molar-refractivity contribution is 5.70. The molecular formula is C78H143NO8. The Morgan fingerprint density at radius 3 is 0.989 bits per heavy atom. The molecule has 0 aromatic carbocycles. The summed E-state index contributed by atoms with van der Waals surface area (Å²) in [5.74, 6) is -2.27. The van der Waals surface area contributed by atoms with Crippen LogP contribution in [0.2, 0.25) is 0 Å². The molecule has 0 saturated heterocycles. The fourth-order valence-electron chi connectivity index (χ4n) is 11.1. The molecule has 2 atom stereocenters. The Bertz CT molecular complexity index is 1610. The summed E-state index contributed by atoms with van der Waals surface area (Å²) in [6, 6.07) is 0. The maximum atomic E-state index is 12.9. The van der Waals surface area contributed by atoms with Gasteiger partial charge in [-0.25, -0.2) is 0 Å². The minimum absolute atomic E-state index is 0.147. The van der Waals surface area contributed by atoms with Crippen LogP contribution in [0.3, 0.4) is 0 Å². The number of ether oxygens (including phenoxy) is 4. The monoisotopic (exact) mass is 1220 g/mol. The largest absolute Gasteiger partial charge is 0.545 e. The van der Waals surface area contributed by atoms with Crippen LogP contribution in [-0.4, -0.2) is 82.3 Å². The van der Waals surface area contributed by atoms with Gasteiger partial charge in [0, 0.05) is 12.8 Å². The summed E-state index contributed by atoms with van der Waals surface area (Å²) >= 11 is 0. The van der Waals surface area contributed by atoms with Gasteiger partial charge in [0.2, 0.25) is 0 Å². The van der Waals surface area contributed by atoms with Crippen molar-refractivity contribution in [2.75, 3.05) is 47.5 Å². The number of allylic oxidation sites excluding steroid dienone is 10. The van der Waals surface area contributed by atoms with E-state index in [0.717, 1.165) is 70.6 Å². The zero-order chi connectivity index (χ0) is 63.3. The van der Waals surface area contributed by atoms with Gasteiger partial charge in [0.1, 0.15) is 13.2 Å². The van der Waals surface area contributed by atoms with Crippen molar-refractivity contribution in [2.24, 2.45) is 0 Å². The average Bonchev–Trinajstić information content (AvgIpc) is 3.50. The molecular weight excluding hydrogens is 1080 g/mol. The fraction of sp³-hybridized carbons (Fsp3) is 0.833. The summed E-state index contributed by atoms with van der Waals surface area (Å²) in [5.41, 5.74) is 0. The van der Waals surface area contributed by atoms with E-state index in [2.05, 4.69) is 74.6 Å². The molecule has 0 rings (SSSR count). The Morgan fingerprint density at radius 1 is 0.356 bits per heavy atom. The Hall–Kier alpha value is -3.01. The van der Waals surface area contributed by atoms with Gasteiger partial charge in [-0.1, -0.05) is 331 Å². The van der Waals surface area contributed by atoms with Gasteiger partial charge < -0.3 is 33.3 Å². The van der Waals surface area contributed by atoms with Crippen LogP contribution in [0, 0.1) is 0 Å². The van der Waals surface area contributed by atoms with E-state index in [0.29, 0.717) is 23.9 Å². The maximum Gasteiger partial charge on any atom is 0.306 e. The van der Waals surface area contributed by atoms with E-state index in [1.165, 1.54) is 257 Å². The van der Waals surface area contributed by atoms with Crippen LogP contribution in [0.5, 0.6) is 0 Å². The number of carboxylic acid groups (broad SMARTS) is 1. The van der Waals surface area contributed by atoms with Gasteiger partial charge in [-0.2, -0.15) is 0 Å². The lowest BCUT2D eigenvalue weighted by atomic mass is 10.0. The third-order valence-electron chi connectivity index (χ3n) is 16.7. The molecule has 0 fully saturated rings. The predicted octanol–water partition coefficient (Wildman–Crippen LogP) is 22.1. The Labute approximate surface area is 539 Å². The maximum absolute atomic E-state index is 12.9. The standard InChI is InChI=1S/C78H143NO8/c1-6-8-10-12-14-16-18-20-22-24-26-28-30-31-32-33-34-35-36-37-38-39-40-41-42-43-44-45-47-48-50-52-54-56-58-60-62-64-66-68-75(80)85-72-74(73-86-78(77(82)83)84-71-70-79(3,4)5)87-76(81)69-67-65-63-61-59-57-55-53-51-49-46-29-27-25-23-21-19-17-15-13-11-9-7-2/h9,11,15,17,21,23-24,26-27,29,74,78H,6-8,10,12-14,16,18-20,22,25,28,30-73H2,1-5H3/b11-9-,17-15-,23-21-,26-24-,29-27-. The van der Waals surface area contributed by atoms with E-state index in [4.69, 9.17) is 18.9 Å². The first-order chi connectivity index (χ1) is 42.6. The molecule has 0 radical (unpaired) electrons. The number of hydrogen-bond donors (Lipinski definition) is 0. The number of likely N-dealkylation sites (N-methyl/N-ethyl adjacent to an activating group) is 1. The van der Waals surface area contributed by atoms with Crippen molar-refractivity contribution in [1.29, 1.82) is 0 Å². The molecule has 0 aliphatic heterocycles. The van der Waals surface area contributed by atoms with Crippen LogP contribution in [0.15, 0.2) is 60.8 Å². The molecule has 0 N–H and O–H groups in total. The Morgan fingerprint density at radius 2 is 0.655 bits per heavy atom. The highest BCUT2D eigenvalue weighted by atomic mass is 16.7. The minimum Gasteiger partial charge on any atom is -0.545 e. The van der Waals surface area contributed by atoms with Crippen LogP contribution in [0.25, 0.3) is 0 Å². The highest BCUT2D eigenvalue weighted by Gasteiger charge is 2.22. The smallest absolute Gasteiger partial charge is 0.306 e. The molecule has 9 heteroatoms. The van der Waals surface area contributed by atoms with Gasteiger partial charge in [0.25, 0.3) is 0 Å². The van der Waals surface area contributed by atoms with E-state index >= 15 is 0 Å². The summed E-state index contributed by atoms with van der Waals surface area (Å²) in [6.07, 6.45) is 87.7. The van der Waals surface area contributed by atoms with Gasteiger partial charge in [-0.05, 0) is 77.0 Å². The van der Waals surface area contributed by atoms with Crippen LogP contribution >= 0.6 is 0 Å². The molecule has 2 unspecified atom stereocenters. The summed E-state index contributed by atoms with van der Waals surface area (Å²) in [7, 11) is 5.94. The molecule has 87 heavy (non-hydrogen) atoms. The zero-order valence-corrected chi connectivity index (χ0v) is 58.2. The van der Waals surface area contributed by atoms with E-state index in [-0.39, 0.29) is 32.2 Å². The summed E-state index contributed by atoms with van der Waals surface area (Å²) in [4.78, 5) is 37.5. The number of esters is 2. The third-order valence-corrected chi connectivity index (χ3v) is 16.7. The fourth-order valence-corrected chi connectivity index (χ4v) is 11.1. The SMILES string of the molecule is CC/C=C\C/C=C\C/C=C\C/C=C\CCCCCCCCCCCCC(=O)OC(COC(=O)CCCCCCCCCCCCCCCCCCCCCCCCCCCCC/C=C\CCCCCCCCCC)COC(OCC[N+](C)(C)C)C(=O)[O-]. The predicted molar refractivity (Wildman–Crippen MR) is 371 cm³/mol. The lowest BCUT2D eigenvalue weighted by Crippen LogP contribution is -2.44. The molecule has 0 amide bonds. The van der Waals surface area contributed by atoms with Crippen molar-refractivity contribution in [3.63, 3.8) is 0 Å². The lowest BCUT2D eigenvalue weighted by Gasteiger charge is -2.26. The van der Waals surface area contributed by atoms with Gasteiger partial charge in [-0.3, -0.25) is 9.59 Å². The van der Waals surface area contributed by atoms with Crippen LogP contribution < -0.4 is 5.11 Å².